The molecule has 1 aliphatic carbocycles. The minimum Gasteiger partial charge on any atom is -0.383 e. The molecule has 0 aromatic heterocycles. The molecule has 104 valence electrons. The monoisotopic (exact) mass is 286 g/mol. The van der Waals surface area contributed by atoms with Crippen LogP contribution < -0.4 is 10.0 Å². The van der Waals surface area contributed by atoms with E-state index in [0.717, 1.165) is 13.0 Å². The van der Waals surface area contributed by atoms with Gasteiger partial charge >= 0.3 is 0 Å². The van der Waals surface area contributed by atoms with Gasteiger partial charge in [-0.3, -0.25) is 0 Å². The average molecular weight is 287 g/mol. The number of halogens is 1. The van der Waals surface area contributed by atoms with E-state index in [-0.39, 0.29) is 18.2 Å². The first-order valence-corrected chi connectivity index (χ1v) is 7.46. The molecule has 0 radical (unpaired) electrons. The van der Waals surface area contributed by atoms with Crippen LogP contribution in [0.3, 0.4) is 0 Å². The van der Waals surface area contributed by atoms with Gasteiger partial charge in [0.15, 0.2) is 0 Å². The van der Waals surface area contributed by atoms with Crippen LogP contribution in [-0.2, 0) is 14.8 Å². The third-order valence-corrected chi connectivity index (χ3v) is 4.02. The van der Waals surface area contributed by atoms with Crippen molar-refractivity contribution in [2.75, 3.05) is 39.1 Å². The zero-order valence-corrected chi connectivity index (χ0v) is 11.9. The van der Waals surface area contributed by atoms with Crippen LogP contribution >= 0.6 is 12.4 Å². The van der Waals surface area contributed by atoms with Crippen LogP contribution in [0, 0.1) is 5.92 Å². The first kappa shape index (κ1) is 17.1. The quantitative estimate of drug-likeness (QED) is 0.569. The number of hydrogen-bond donors (Lipinski definition) is 2. The molecule has 0 amide bonds. The van der Waals surface area contributed by atoms with E-state index in [1.165, 1.54) is 12.8 Å². The van der Waals surface area contributed by atoms with Crippen LogP contribution in [0.2, 0.25) is 0 Å². The van der Waals surface area contributed by atoms with Crippen molar-refractivity contribution in [2.24, 2.45) is 5.92 Å². The average Bonchev–Trinajstić information content (AvgIpc) is 3.04. The Hall–Kier alpha value is 0.120. The van der Waals surface area contributed by atoms with Crippen LogP contribution in [0.25, 0.3) is 0 Å². The van der Waals surface area contributed by atoms with E-state index in [1.807, 2.05) is 0 Å². The van der Waals surface area contributed by atoms with E-state index >= 15 is 0 Å². The fraction of sp³-hybridized carbons (Fsp3) is 1.00. The van der Waals surface area contributed by atoms with Crippen molar-refractivity contribution in [3.05, 3.63) is 0 Å². The third-order valence-electron chi connectivity index (χ3n) is 2.60. The highest BCUT2D eigenvalue weighted by molar-refractivity contribution is 7.89. The third kappa shape index (κ3) is 9.79. The number of hydrogen-bond acceptors (Lipinski definition) is 4. The second-order valence-electron chi connectivity index (χ2n) is 4.19. The molecule has 5 nitrogen and oxygen atoms in total. The molecule has 0 spiro atoms. The molecule has 1 rings (SSSR count). The Kier molecular flexibility index (Phi) is 9.17. The van der Waals surface area contributed by atoms with E-state index in [9.17, 15) is 8.42 Å². The summed E-state index contributed by atoms with van der Waals surface area (Å²) >= 11 is 0. The van der Waals surface area contributed by atoms with Crippen LogP contribution in [0.1, 0.15) is 19.3 Å². The SMILES string of the molecule is COCCNCCNS(=O)(=O)CCC1CC1.Cl. The van der Waals surface area contributed by atoms with Gasteiger partial charge in [-0.05, 0) is 12.3 Å². The Bertz CT molecular complexity index is 281. The molecule has 17 heavy (non-hydrogen) atoms. The Morgan fingerprint density at radius 1 is 1.24 bits per heavy atom. The van der Waals surface area contributed by atoms with E-state index in [4.69, 9.17) is 4.74 Å². The van der Waals surface area contributed by atoms with Crippen molar-refractivity contribution in [2.45, 2.75) is 19.3 Å². The topological polar surface area (TPSA) is 67.4 Å². The minimum atomic E-state index is -3.05. The van der Waals surface area contributed by atoms with Crippen molar-refractivity contribution in [1.29, 1.82) is 0 Å². The summed E-state index contributed by atoms with van der Waals surface area (Å²) in [5.41, 5.74) is 0. The van der Waals surface area contributed by atoms with Crippen molar-refractivity contribution < 1.29 is 13.2 Å². The van der Waals surface area contributed by atoms with Crippen LogP contribution in [-0.4, -0.2) is 47.5 Å². The Morgan fingerprint density at radius 3 is 2.53 bits per heavy atom. The fourth-order valence-corrected chi connectivity index (χ4v) is 2.60. The van der Waals surface area contributed by atoms with Crippen LogP contribution in [0.4, 0.5) is 0 Å². The number of nitrogens with one attached hydrogen (secondary N) is 2. The van der Waals surface area contributed by atoms with Gasteiger partial charge in [-0.25, -0.2) is 13.1 Å². The molecule has 0 aromatic rings. The van der Waals surface area contributed by atoms with Crippen molar-refractivity contribution in [1.82, 2.24) is 10.0 Å². The van der Waals surface area contributed by atoms with Gasteiger partial charge in [0.1, 0.15) is 0 Å². The summed E-state index contributed by atoms with van der Waals surface area (Å²) in [4.78, 5) is 0. The van der Waals surface area contributed by atoms with Gasteiger partial charge in [0, 0.05) is 26.7 Å². The number of sulfonamides is 1. The number of ether oxygens (including phenoxy) is 1. The van der Waals surface area contributed by atoms with Gasteiger partial charge in [-0.1, -0.05) is 12.8 Å². The molecule has 0 saturated heterocycles. The van der Waals surface area contributed by atoms with Gasteiger partial charge in [0.2, 0.25) is 10.0 Å². The van der Waals surface area contributed by atoms with Gasteiger partial charge < -0.3 is 10.1 Å². The van der Waals surface area contributed by atoms with E-state index in [2.05, 4.69) is 10.0 Å². The predicted molar refractivity (Wildman–Crippen MR) is 71.1 cm³/mol. The predicted octanol–water partition coefficient (Wildman–Crippen LogP) is 0.364. The zero-order chi connectivity index (χ0) is 11.9. The van der Waals surface area contributed by atoms with Crippen LogP contribution in [0.15, 0.2) is 0 Å². The number of methoxy groups -OCH3 is 1. The molecule has 0 heterocycles. The normalized spacial score (nSPS) is 15.6. The van der Waals surface area contributed by atoms with Gasteiger partial charge in [-0.15, -0.1) is 12.4 Å². The van der Waals surface area contributed by atoms with Crippen molar-refractivity contribution in [3.8, 4) is 0 Å². The highest BCUT2D eigenvalue weighted by Gasteiger charge is 2.23. The lowest BCUT2D eigenvalue weighted by Gasteiger charge is -2.07. The van der Waals surface area contributed by atoms with E-state index < -0.39 is 10.0 Å². The molecule has 1 fully saturated rings. The molecule has 1 saturated carbocycles. The first-order chi connectivity index (χ1) is 7.64. The summed E-state index contributed by atoms with van der Waals surface area (Å²) in [6.07, 6.45) is 3.22. The molecule has 0 aliphatic heterocycles. The Balaban J connectivity index is 0.00000256. The summed E-state index contributed by atoms with van der Waals surface area (Å²) in [7, 11) is -1.41. The summed E-state index contributed by atoms with van der Waals surface area (Å²) in [6.45, 7) is 2.50. The van der Waals surface area contributed by atoms with E-state index in [1.54, 1.807) is 7.11 Å². The maximum absolute atomic E-state index is 11.5. The lowest BCUT2D eigenvalue weighted by Crippen LogP contribution is -2.34. The zero-order valence-electron chi connectivity index (χ0n) is 10.3. The van der Waals surface area contributed by atoms with Crippen molar-refractivity contribution in [3.63, 3.8) is 0 Å². The largest absolute Gasteiger partial charge is 0.383 e. The summed E-state index contributed by atoms with van der Waals surface area (Å²) in [5.74, 6) is 0.937. The van der Waals surface area contributed by atoms with Crippen LogP contribution in [0.5, 0.6) is 0 Å². The van der Waals surface area contributed by atoms with Gasteiger partial charge in [-0.2, -0.15) is 0 Å². The molecular formula is C10H23ClN2O3S. The molecule has 0 bridgehead atoms. The molecular weight excluding hydrogens is 264 g/mol. The lowest BCUT2D eigenvalue weighted by atomic mass is 10.3. The lowest BCUT2D eigenvalue weighted by molar-refractivity contribution is 0.199. The molecule has 0 aromatic carbocycles. The highest BCUT2D eigenvalue weighted by Crippen LogP contribution is 2.32. The smallest absolute Gasteiger partial charge is 0.211 e. The summed E-state index contributed by atoms with van der Waals surface area (Å²) < 4.78 is 30.4. The fourth-order valence-electron chi connectivity index (χ4n) is 1.39. The van der Waals surface area contributed by atoms with E-state index in [0.29, 0.717) is 25.6 Å². The maximum atomic E-state index is 11.5. The van der Waals surface area contributed by atoms with Gasteiger partial charge in [0.05, 0.1) is 12.4 Å². The Morgan fingerprint density at radius 2 is 1.94 bits per heavy atom. The second kappa shape index (κ2) is 9.10. The Labute approximate surface area is 110 Å². The molecule has 1 aliphatic rings. The standard InChI is InChI=1S/C10H22N2O3S.ClH/c1-15-8-7-11-5-6-12-16(13,14)9-4-10-2-3-10;/h10-12H,2-9H2,1H3;1H. The summed E-state index contributed by atoms with van der Waals surface area (Å²) in [6, 6.07) is 0. The first-order valence-electron chi connectivity index (χ1n) is 5.81. The molecule has 0 atom stereocenters. The maximum Gasteiger partial charge on any atom is 0.211 e. The second-order valence-corrected chi connectivity index (χ2v) is 6.11. The van der Waals surface area contributed by atoms with Gasteiger partial charge in [0.25, 0.3) is 0 Å². The number of rotatable bonds is 10. The highest BCUT2D eigenvalue weighted by atomic mass is 35.5. The summed E-state index contributed by atoms with van der Waals surface area (Å²) in [5, 5.41) is 3.08. The van der Waals surface area contributed by atoms with Crippen molar-refractivity contribution >= 4 is 22.4 Å². The molecule has 2 N–H and O–H groups in total. The minimum absolute atomic E-state index is 0. The molecule has 7 heteroatoms. The molecule has 0 unspecified atom stereocenters.